The quantitative estimate of drug-likeness (QED) is 0.894. The lowest BCUT2D eigenvalue weighted by atomic mass is 10.1. The molecular formula is C13H14ClFN6O. The van der Waals surface area contributed by atoms with Gasteiger partial charge in [-0.25, -0.2) is 9.07 Å². The van der Waals surface area contributed by atoms with Crippen LogP contribution in [-0.2, 0) is 11.3 Å². The van der Waals surface area contributed by atoms with Crippen LogP contribution in [0.4, 0.5) is 4.39 Å². The van der Waals surface area contributed by atoms with E-state index in [1.165, 1.54) is 11.0 Å². The highest BCUT2D eigenvalue weighted by Gasteiger charge is 2.36. The normalized spacial score (nSPS) is 22.1. The van der Waals surface area contributed by atoms with Gasteiger partial charge in [-0.3, -0.25) is 9.69 Å². The molecule has 0 saturated carbocycles. The Morgan fingerprint density at radius 1 is 1.50 bits per heavy atom. The summed E-state index contributed by atoms with van der Waals surface area (Å²) in [5, 5.41) is 11.6. The van der Waals surface area contributed by atoms with E-state index in [2.05, 4.69) is 15.5 Å². The number of amides is 1. The summed E-state index contributed by atoms with van der Waals surface area (Å²) in [5.74, 6) is -0.522. The van der Waals surface area contributed by atoms with Gasteiger partial charge in [0.15, 0.2) is 0 Å². The van der Waals surface area contributed by atoms with E-state index >= 15 is 0 Å². The molecule has 1 aromatic heterocycles. The number of nitrogens with zero attached hydrogens (tertiary/aromatic N) is 5. The van der Waals surface area contributed by atoms with Crippen LogP contribution in [0.5, 0.6) is 0 Å². The zero-order chi connectivity index (χ0) is 15.7. The second-order valence-corrected chi connectivity index (χ2v) is 5.64. The third kappa shape index (κ3) is 2.93. The van der Waals surface area contributed by atoms with Crippen LogP contribution in [0, 0.1) is 0 Å². The highest BCUT2D eigenvalue weighted by atomic mass is 35.5. The topological polar surface area (TPSA) is 89.9 Å². The fourth-order valence-electron chi connectivity index (χ4n) is 2.71. The Balaban J connectivity index is 1.91. The SMILES string of the molecule is NC(=O)[C@@H]1C[C@H](F)CN1Cc1cc(Cl)ccc1-n1cnnn1. The van der Waals surface area contributed by atoms with Crippen LogP contribution >= 0.6 is 11.6 Å². The smallest absolute Gasteiger partial charge is 0.234 e. The van der Waals surface area contributed by atoms with Crippen molar-refractivity contribution in [1.29, 1.82) is 0 Å². The molecule has 9 heteroatoms. The highest BCUT2D eigenvalue weighted by molar-refractivity contribution is 6.30. The zero-order valence-electron chi connectivity index (χ0n) is 11.6. The summed E-state index contributed by atoms with van der Waals surface area (Å²) in [6.07, 6.45) is 0.518. The molecule has 0 radical (unpaired) electrons. The summed E-state index contributed by atoms with van der Waals surface area (Å²) in [7, 11) is 0. The number of alkyl halides is 1. The fraction of sp³-hybridized carbons (Fsp3) is 0.385. The number of rotatable bonds is 4. The van der Waals surface area contributed by atoms with Crippen LogP contribution in [-0.4, -0.2) is 49.8 Å². The minimum absolute atomic E-state index is 0.121. The molecule has 1 fully saturated rings. The Hall–Kier alpha value is -2.06. The van der Waals surface area contributed by atoms with Gasteiger partial charge >= 0.3 is 0 Å². The van der Waals surface area contributed by atoms with E-state index < -0.39 is 18.1 Å². The lowest BCUT2D eigenvalue weighted by Gasteiger charge is -2.22. The van der Waals surface area contributed by atoms with Crippen molar-refractivity contribution in [1.82, 2.24) is 25.1 Å². The monoisotopic (exact) mass is 324 g/mol. The van der Waals surface area contributed by atoms with E-state index in [9.17, 15) is 9.18 Å². The van der Waals surface area contributed by atoms with Crippen molar-refractivity contribution in [3.05, 3.63) is 35.1 Å². The van der Waals surface area contributed by atoms with Crippen LogP contribution in [0.3, 0.4) is 0 Å². The van der Waals surface area contributed by atoms with Crippen molar-refractivity contribution in [2.75, 3.05) is 6.54 Å². The first-order chi connectivity index (χ1) is 10.5. The largest absolute Gasteiger partial charge is 0.368 e. The molecule has 2 atom stereocenters. The van der Waals surface area contributed by atoms with Crippen molar-refractivity contribution in [2.45, 2.75) is 25.2 Å². The third-order valence-corrected chi connectivity index (χ3v) is 3.93. The number of nitrogens with two attached hydrogens (primary N) is 1. The number of carbonyl (C=O) groups excluding carboxylic acids is 1. The molecule has 7 nitrogen and oxygen atoms in total. The summed E-state index contributed by atoms with van der Waals surface area (Å²) in [5.41, 5.74) is 6.87. The summed E-state index contributed by atoms with van der Waals surface area (Å²) in [6.45, 7) is 0.499. The Kier molecular flexibility index (Phi) is 4.04. The highest BCUT2D eigenvalue weighted by Crippen LogP contribution is 2.26. The van der Waals surface area contributed by atoms with E-state index in [1.54, 1.807) is 23.1 Å². The molecule has 1 aliphatic rings. The van der Waals surface area contributed by atoms with Gasteiger partial charge in [0.25, 0.3) is 0 Å². The first-order valence-corrected chi connectivity index (χ1v) is 7.11. The molecule has 2 heterocycles. The molecule has 0 spiro atoms. The van der Waals surface area contributed by atoms with Crippen molar-refractivity contribution < 1.29 is 9.18 Å². The second-order valence-electron chi connectivity index (χ2n) is 5.21. The molecule has 1 aromatic carbocycles. The van der Waals surface area contributed by atoms with Crippen LogP contribution in [0.1, 0.15) is 12.0 Å². The molecule has 22 heavy (non-hydrogen) atoms. The summed E-state index contributed by atoms with van der Waals surface area (Å²) >= 11 is 6.05. The van der Waals surface area contributed by atoms with Crippen LogP contribution in [0.15, 0.2) is 24.5 Å². The van der Waals surface area contributed by atoms with Crippen molar-refractivity contribution >= 4 is 17.5 Å². The average Bonchev–Trinajstić information content (AvgIpc) is 3.09. The van der Waals surface area contributed by atoms with E-state index in [0.717, 1.165) is 11.3 Å². The van der Waals surface area contributed by atoms with Crippen LogP contribution in [0.2, 0.25) is 5.02 Å². The molecule has 2 aromatic rings. The Bertz CT molecular complexity index is 679. The maximum atomic E-state index is 13.6. The molecular weight excluding hydrogens is 311 g/mol. The molecule has 1 amide bonds. The van der Waals surface area contributed by atoms with Gasteiger partial charge in [-0.15, -0.1) is 5.10 Å². The van der Waals surface area contributed by atoms with Gasteiger partial charge < -0.3 is 5.73 Å². The number of halogens is 2. The number of likely N-dealkylation sites (tertiary alicyclic amines) is 1. The molecule has 0 aliphatic carbocycles. The number of carbonyl (C=O) groups is 1. The Labute approximate surface area is 130 Å². The average molecular weight is 325 g/mol. The van der Waals surface area contributed by atoms with Crippen molar-refractivity contribution in [2.24, 2.45) is 5.73 Å². The standard InChI is InChI=1S/C13H14ClFN6O/c14-9-1-2-11(21-7-17-18-19-21)8(3-9)5-20-6-10(15)4-12(20)13(16)22/h1-3,7,10,12H,4-6H2,(H2,16,22)/t10-,12-/m0/s1. The first kappa shape index (κ1) is 14.9. The Morgan fingerprint density at radius 2 is 2.32 bits per heavy atom. The van der Waals surface area contributed by atoms with Crippen molar-refractivity contribution in [3.8, 4) is 5.69 Å². The number of primary amides is 1. The van der Waals surface area contributed by atoms with Gasteiger partial charge in [0, 0.05) is 24.5 Å². The molecule has 0 bridgehead atoms. The van der Waals surface area contributed by atoms with E-state index in [4.69, 9.17) is 17.3 Å². The minimum atomic E-state index is -1.06. The van der Waals surface area contributed by atoms with Gasteiger partial charge in [-0.05, 0) is 34.2 Å². The number of hydrogen-bond donors (Lipinski definition) is 1. The second kappa shape index (κ2) is 5.98. The molecule has 0 unspecified atom stereocenters. The Morgan fingerprint density at radius 3 is 3.00 bits per heavy atom. The lowest BCUT2D eigenvalue weighted by molar-refractivity contribution is -0.122. The molecule has 1 aliphatic heterocycles. The van der Waals surface area contributed by atoms with E-state index in [1.807, 2.05) is 0 Å². The van der Waals surface area contributed by atoms with Gasteiger partial charge in [0.2, 0.25) is 5.91 Å². The summed E-state index contributed by atoms with van der Waals surface area (Å²) in [4.78, 5) is 13.2. The van der Waals surface area contributed by atoms with E-state index in [-0.39, 0.29) is 13.0 Å². The number of hydrogen-bond acceptors (Lipinski definition) is 5. The van der Waals surface area contributed by atoms with Crippen molar-refractivity contribution in [3.63, 3.8) is 0 Å². The van der Waals surface area contributed by atoms with Crippen LogP contribution in [0.25, 0.3) is 5.69 Å². The maximum absolute atomic E-state index is 13.6. The molecule has 3 rings (SSSR count). The molecule has 1 saturated heterocycles. The number of benzene rings is 1. The summed E-state index contributed by atoms with van der Waals surface area (Å²) < 4.78 is 15.1. The predicted molar refractivity (Wildman–Crippen MR) is 77.1 cm³/mol. The van der Waals surface area contributed by atoms with Crippen LogP contribution < -0.4 is 5.73 Å². The number of tetrazole rings is 1. The van der Waals surface area contributed by atoms with E-state index in [0.29, 0.717) is 11.6 Å². The molecule has 2 N–H and O–H groups in total. The predicted octanol–water partition coefficient (Wildman–Crippen LogP) is 0.713. The summed E-state index contributed by atoms with van der Waals surface area (Å²) in [6, 6.07) is 4.63. The zero-order valence-corrected chi connectivity index (χ0v) is 12.3. The van der Waals surface area contributed by atoms with Gasteiger partial charge in [0.1, 0.15) is 12.5 Å². The fourth-order valence-corrected chi connectivity index (χ4v) is 2.91. The first-order valence-electron chi connectivity index (χ1n) is 6.74. The van der Waals surface area contributed by atoms with Gasteiger partial charge in [-0.2, -0.15) is 0 Å². The third-order valence-electron chi connectivity index (χ3n) is 3.69. The number of aromatic nitrogens is 4. The lowest BCUT2D eigenvalue weighted by Crippen LogP contribution is -2.39. The molecule has 116 valence electrons. The van der Waals surface area contributed by atoms with Gasteiger partial charge in [0.05, 0.1) is 11.7 Å². The minimum Gasteiger partial charge on any atom is -0.368 e. The van der Waals surface area contributed by atoms with Gasteiger partial charge in [-0.1, -0.05) is 11.6 Å². The maximum Gasteiger partial charge on any atom is 0.234 e.